The summed E-state index contributed by atoms with van der Waals surface area (Å²) in [5.74, 6) is 0.0110. The maximum atomic E-state index is 11.7. The van der Waals surface area contributed by atoms with Crippen molar-refractivity contribution in [3.63, 3.8) is 0 Å². The lowest BCUT2D eigenvalue weighted by Gasteiger charge is -2.15. The van der Waals surface area contributed by atoms with Crippen molar-refractivity contribution in [3.05, 3.63) is 20.8 Å². The summed E-state index contributed by atoms with van der Waals surface area (Å²) in [4.78, 5) is 36.4. The quantitative estimate of drug-likeness (QED) is 0.519. The van der Waals surface area contributed by atoms with Gasteiger partial charge in [-0.25, -0.2) is 4.79 Å². The van der Waals surface area contributed by atoms with Crippen molar-refractivity contribution in [2.75, 3.05) is 17.6 Å². The first kappa shape index (κ1) is 12.2. The van der Waals surface area contributed by atoms with Crippen molar-refractivity contribution in [1.29, 1.82) is 0 Å². The Balaban J connectivity index is 2.36. The molecule has 0 spiro atoms. The first-order valence-corrected chi connectivity index (χ1v) is 5.68. The second-order valence-corrected chi connectivity index (χ2v) is 4.11. The molecule has 0 radical (unpaired) electrons. The van der Waals surface area contributed by atoms with E-state index in [1.165, 1.54) is 4.57 Å². The molecule has 98 valence electrons. The van der Waals surface area contributed by atoms with E-state index in [2.05, 4.69) is 15.6 Å². The van der Waals surface area contributed by atoms with Gasteiger partial charge in [0, 0.05) is 19.5 Å². The molecule has 1 fully saturated rings. The van der Waals surface area contributed by atoms with Crippen LogP contribution >= 0.6 is 0 Å². The molecule has 0 saturated carbocycles. The monoisotopic (exact) mass is 253 g/mol. The number of hydrogen-bond donors (Lipinski definition) is 4. The van der Waals surface area contributed by atoms with Crippen LogP contribution in [0.1, 0.15) is 13.3 Å². The summed E-state index contributed by atoms with van der Waals surface area (Å²) in [5.41, 5.74) is 4.82. The van der Waals surface area contributed by atoms with Crippen LogP contribution in [0, 0.1) is 0 Å². The smallest absolute Gasteiger partial charge is 0.330 e. The van der Waals surface area contributed by atoms with Crippen LogP contribution in [0.15, 0.2) is 9.59 Å². The van der Waals surface area contributed by atoms with E-state index in [0.29, 0.717) is 13.1 Å². The standard InChI is InChI=1S/C10H15N5O3/c1-2-15-8(11)7(9(17)14-10(15)18)13-5-3-6(16)12-4-5/h5,13H,2-4,11H2,1H3,(H,12,16)(H,14,17,18). The van der Waals surface area contributed by atoms with Crippen LogP contribution in [0.2, 0.25) is 0 Å². The molecule has 0 aliphatic carbocycles. The molecule has 2 heterocycles. The highest BCUT2D eigenvalue weighted by molar-refractivity contribution is 5.80. The lowest BCUT2D eigenvalue weighted by atomic mass is 10.2. The Bertz CT molecular complexity index is 588. The molecule has 5 N–H and O–H groups in total. The van der Waals surface area contributed by atoms with Crippen molar-refractivity contribution >= 4 is 17.4 Å². The third-order valence-electron chi connectivity index (χ3n) is 2.88. The number of nitrogens with zero attached hydrogens (tertiary/aromatic N) is 1. The Labute approximate surface area is 102 Å². The Hall–Kier alpha value is -2.25. The fourth-order valence-corrected chi connectivity index (χ4v) is 1.95. The van der Waals surface area contributed by atoms with E-state index < -0.39 is 11.2 Å². The number of amides is 1. The predicted molar refractivity (Wildman–Crippen MR) is 66.4 cm³/mol. The molecule has 18 heavy (non-hydrogen) atoms. The van der Waals surface area contributed by atoms with Gasteiger partial charge < -0.3 is 16.4 Å². The van der Waals surface area contributed by atoms with Crippen LogP contribution in [0.4, 0.5) is 11.5 Å². The van der Waals surface area contributed by atoms with E-state index in [1.807, 2.05) is 0 Å². The van der Waals surface area contributed by atoms with Crippen molar-refractivity contribution in [2.24, 2.45) is 0 Å². The number of aromatic amines is 1. The zero-order valence-corrected chi connectivity index (χ0v) is 9.95. The summed E-state index contributed by atoms with van der Waals surface area (Å²) >= 11 is 0. The largest absolute Gasteiger partial charge is 0.383 e. The average Bonchev–Trinajstić information content (AvgIpc) is 2.70. The van der Waals surface area contributed by atoms with Crippen molar-refractivity contribution < 1.29 is 4.79 Å². The van der Waals surface area contributed by atoms with Crippen molar-refractivity contribution in [3.8, 4) is 0 Å². The van der Waals surface area contributed by atoms with Crippen LogP contribution in [0.5, 0.6) is 0 Å². The minimum atomic E-state index is -0.568. The molecule has 1 aliphatic heterocycles. The normalized spacial score (nSPS) is 18.7. The number of nitrogen functional groups attached to an aromatic ring is 1. The second-order valence-electron chi connectivity index (χ2n) is 4.11. The van der Waals surface area contributed by atoms with E-state index in [9.17, 15) is 14.4 Å². The number of carbonyl (C=O) groups is 1. The first-order valence-electron chi connectivity index (χ1n) is 5.68. The number of carbonyl (C=O) groups excluding carboxylic acids is 1. The van der Waals surface area contributed by atoms with E-state index in [1.54, 1.807) is 6.92 Å². The molecule has 1 aromatic heterocycles. The molecule has 2 rings (SSSR count). The summed E-state index contributed by atoms with van der Waals surface area (Å²) < 4.78 is 1.26. The predicted octanol–water partition coefficient (Wildman–Crippen LogP) is -1.56. The lowest BCUT2D eigenvalue weighted by Crippen LogP contribution is -2.36. The topological polar surface area (TPSA) is 122 Å². The van der Waals surface area contributed by atoms with E-state index >= 15 is 0 Å². The van der Waals surface area contributed by atoms with Crippen LogP contribution in [0.3, 0.4) is 0 Å². The molecule has 0 aromatic carbocycles. The number of H-pyrrole nitrogens is 1. The minimum Gasteiger partial charge on any atom is -0.383 e. The summed E-state index contributed by atoms with van der Waals surface area (Å²) in [7, 11) is 0. The summed E-state index contributed by atoms with van der Waals surface area (Å²) in [5, 5.41) is 5.54. The zero-order valence-electron chi connectivity index (χ0n) is 9.95. The highest BCUT2D eigenvalue weighted by Crippen LogP contribution is 2.13. The number of rotatable bonds is 3. The van der Waals surface area contributed by atoms with E-state index in [4.69, 9.17) is 5.73 Å². The zero-order chi connectivity index (χ0) is 13.3. The van der Waals surface area contributed by atoms with E-state index in [0.717, 1.165) is 0 Å². The van der Waals surface area contributed by atoms with Gasteiger partial charge in [-0.3, -0.25) is 19.1 Å². The highest BCUT2D eigenvalue weighted by Gasteiger charge is 2.23. The van der Waals surface area contributed by atoms with Gasteiger partial charge in [-0.1, -0.05) is 0 Å². The molecular formula is C10H15N5O3. The molecule has 8 nitrogen and oxygen atoms in total. The lowest BCUT2D eigenvalue weighted by molar-refractivity contribution is -0.119. The van der Waals surface area contributed by atoms with Gasteiger partial charge in [-0.05, 0) is 6.92 Å². The molecule has 1 saturated heterocycles. The SMILES string of the molecule is CCn1c(N)c(NC2CNC(=O)C2)c(=O)[nH]c1=O. The van der Waals surface area contributed by atoms with Gasteiger partial charge in [0.15, 0.2) is 0 Å². The van der Waals surface area contributed by atoms with Crippen LogP contribution < -0.4 is 27.6 Å². The number of aromatic nitrogens is 2. The first-order chi connectivity index (χ1) is 8.52. The number of nitrogens with two attached hydrogens (primary N) is 1. The number of nitrogens with one attached hydrogen (secondary N) is 3. The second kappa shape index (κ2) is 4.55. The van der Waals surface area contributed by atoms with Gasteiger partial charge in [-0.2, -0.15) is 0 Å². The third kappa shape index (κ3) is 2.08. The van der Waals surface area contributed by atoms with E-state index in [-0.39, 0.29) is 29.9 Å². The number of hydrogen-bond acceptors (Lipinski definition) is 5. The fraction of sp³-hybridized carbons (Fsp3) is 0.500. The molecule has 0 bridgehead atoms. The van der Waals surface area contributed by atoms with Crippen LogP contribution in [-0.4, -0.2) is 28.0 Å². The summed E-state index contributed by atoms with van der Waals surface area (Å²) in [6, 6.07) is -0.191. The van der Waals surface area contributed by atoms with Gasteiger partial charge in [0.1, 0.15) is 11.5 Å². The summed E-state index contributed by atoms with van der Waals surface area (Å²) in [6.45, 7) is 2.54. The molecule has 1 aliphatic rings. The molecule has 1 aromatic rings. The van der Waals surface area contributed by atoms with Gasteiger partial charge in [0.05, 0.1) is 6.04 Å². The Kier molecular flexibility index (Phi) is 3.09. The van der Waals surface area contributed by atoms with Crippen LogP contribution in [-0.2, 0) is 11.3 Å². The molecular weight excluding hydrogens is 238 g/mol. The van der Waals surface area contributed by atoms with Crippen molar-refractivity contribution in [1.82, 2.24) is 14.9 Å². The number of anilines is 2. The maximum absolute atomic E-state index is 11.7. The molecule has 1 amide bonds. The Morgan fingerprint density at radius 3 is 2.72 bits per heavy atom. The maximum Gasteiger partial charge on any atom is 0.330 e. The average molecular weight is 253 g/mol. The molecule has 1 unspecified atom stereocenters. The summed E-state index contributed by atoms with van der Waals surface area (Å²) in [6.07, 6.45) is 0.282. The molecule has 8 heteroatoms. The fourth-order valence-electron chi connectivity index (χ4n) is 1.95. The Morgan fingerprint density at radius 1 is 1.44 bits per heavy atom. The third-order valence-corrected chi connectivity index (χ3v) is 2.88. The molecule has 1 atom stereocenters. The van der Waals surface area contributed by atoms with Crippen LogP contribution in [0.25, 0.3) is 0 Å². The van der Waals surface area contributed by atoms with Gasteiger partial charge >= 0.3 is 5.69 Å². The van der Waals surface area contributed by atoms with Crippen molar-refractivity contribution in [2.45, 2.75) is 25.9 Å². The van der Waals surface area contributed by atoms with Gasteiger partial charge in [0.2, 0.25) is 5.91 Å². The van der Waals surface area contributed by atoms with Gasteiger partial charge in [0.25, 0.3) is 5.56 Å². The highest BCUT2D eigenvalue weighted by atomic mass is 16.2. The van der Waals surface area contributed by atoms with Gasteiger partial charge in [-0.15, -0.1) is 0 Å². The Morgan fingerprint density at radius 2 is 2.17 bits per heavy atom. The minimum absolute atomic E-state index is 0.0775.